The second kappa shape index (κ2) is 6.82. The Morgan fingerprint density at radius 1 is 1.19 bits per heavy atom. The topological polar surface area (TPSA) is 61.4 Å². The predicted molar refractivity (Wildman–Crippen MR) is 91.9 cm³/mol. The fourth-order valence-electron chi connectivity index (χ4n) is 4.67. The van der Waals surface area contributed by atoms with Crippen molar-refractivity contribution in [2.75, 3.05) is 19.6 Å². The van der Waals surface area contributed by atoms with Gasteiger partial charge in [0.1, 0.15) is 6.04 Å². The van der Waals surface area contributed by atoms with Crippen molar-refractivity contribution in [3.63, 3.8) is 0 Å². The molecule has 8 heteroatoms. The summed E-state index contributed by atoms with van der Waals surface area (Å²) in [6.07, 6.45) is -2.05. The average molecular weight is 381 g/mol. The van der Waals surface area contributed by atoms with Crippen LogP contribution in [0, 0.1) is 11.8 Å². The lowest BCUT2D eigenvalue weighted by molar-refractivity contribution is -0.137. The van der Waals surface area contributed by atoms with Crippen molar-refractivity contribution in [1.29, 1.82) is 0 Å². The van der Waals surface area contributed by atoms with Crippen LogP contribution >= 0.6 is 0 Å². The van der Waals surface area contributed by atoms with E-state index in [2.05, 4.69) is 10.6 Å². The Morgan fingerprint density at radius 2 is 1.89 bits per heavy atom. The summed E-state index contributed by atoms with van der Waals surface area (Å²) in [5, 5.41) is 5.99. The minimum atomic E-state index is -4.51. The van der Waals surface area contributed by atoms with Crippen molar-refractivity contribution >= 4 is 11.8 Å². The number of nitrogens with one attached hydrogen (secondary N) is 2. The van der Waals surface area contributed by atoms with Crippen LogP contribution in [-0.4, -0.2) is 48.4 Å². The highest BCUT2D eigenvalue weighted by Gasteiger charge is 2.44. The molecule has 1 aromatic rings. The van der Waals surface area contributed by atoms with E-state index in [-0.39, 0.29) is 17.5 Å². The monoisotopic (exact) mass is 381 g/mol. The maximum Gasteiger partial charge on any atom is 0.416 e. The molecule has 2 unspecified atom stereocenters. The molecule has 2 heterocycles. The number of halogens is 3. The summed E-state index contributed by atoms with van der Waals surface area (Å²) in [6.45, 7) is 2.59. The Labute approximate surface area is 155 Å². The SMILES string of the molecule is O=C(NC1CCN(C2C[C@H]3CNC[C@H]3C2)C1=O)c1cccc(C(F)(F)F)c1. The van der Waals surface area contributed by atoms with Gasteiger partial charge in [0.2, 0.25) is 5.91 Å². The molecule has 5 nitrogen and oxygen atoms in total. The molecule has 0 aromatic heterocycles. The third-order valence-corrected chi connectivity index (χ3v) is 6.07. The standard InChI is InChI=1S/C19H22F3N3O2/c20-19(21,22)14-3-1-2-11(6-14)17(26)24-16-4-5-25(18(16)27)15-7-12-9-23-10-13(12)8-15/h1-3,6,12-13,15-16,23H,4-5,7-10H2,(H,24,26)/t12-,13+,15?,16?. The number of amides is 2. The van der Waals surface area contributed by atoms with Gasteiger partial charge in [0.05, 0.1) is 5.56 Å². The van der Waals surface area contributed by atoms with Gasteiger partial charge in [-0.05, 0) is 62.4 Å². The summed E-state index contributed by atoms with van der Waals surface area (Å²) in [5.41, 5.74) is -0.960. The van der Waals surface area contributed by atoms with Crippen molar-refractivity contribution in [2.45, 2.75) is 37.5 Å². The number of likely N-dealkylation sites (tertiary alicyclic amines) is 1. The molecule has 1 aromatic carbocycles. The Morgan fingerprint density at radius 3 is 2.56 bits per heavy atom. The van der Waals surface area contributed by atoms with Crippen LogP contribution in [-0.2, 0) is 11.0 Å². The van der Waals surface area contributed by atoms with E-state index in [1.807, 2.05) is 4.90 Å². The van der Waals surface area contributed by atoms with Gasteiger partial charge >= 0.3 is 6.18 Å². The normalized spacial score (nSPS) is 30.6. The zero-order valence-electron chi connectivity index (χ0n) is 14.8. The molecule has 0 radical (unpaired) electrons. The Hall–Kier alpha value is -2.09. The number of alkyl halides is 3. The van der Waals surface area contributed by atoms with E-state index in [0.29, 0.717) is 24.8 Å². The summed E-state index contributed by atoms with van der Waals surface area (Å²) >= 11 is 0. The molecule has 27 heavy (non-hydrogen) atoms. The summed E-state index contributed by atoms with van der Waals surface area (Å²) in [6, 6.07) is 3.82. The minimum Gasteiger partial charge on any atom is -0.340 e. The van der Waals surface area contributed by atoms with E-state index in [1.54, 1.807) is 0 Å². The fraction of sp³-hybridized carbons (Fsp3) is 0.579. The van der Waals surface area contributed by atoms with Gasteiger partial charge in [-0.2, -0.15) is 13.2 Å². The van der Waals surface area contributed by atoms with Crippen LogP contribution in [0.3, 0.4) is 0 Å². The van der Waals surface area contributed by atoms with Gasteiger partial charge in [0.25, 0.3) is 5.91 Å². The molecule has 146 valence electrons. The zero-order valence-corrected chi connectivity index (χ0v) is 14.8. The highest BCUT2D eigenvalue weighted by molar-refractivity contribution is 5.98. The van der Waals surface area contributed by atoms with Gasteiger partial charge in [-0.1, -0.05) is 6.07 Å². The van der Waals surface area contributed by atoms with Gasteiger partial charge in [-0.15, -0.1) is 0 Å². The second-order valence-corrected chi connectivity index (χ2v) is 7.73. The van der Waals surface area contributed by atoms with Gasteiger partial charge in [0.15, 0.2) is 0 Å². The van der Waals surface area contributed by atoms with E-state index in [1.165, 1.54) is 12.1 Å². The lowest BCUT2D eigenvalue weighted by Gasteiger charge is -2.25. The van der Waals surface area contributed by atoms with E-state index in [0.717, 1.165) is 38.1 Å². The van der Waals surface area contributed by atoms with E-state index >= 15 is 0 Å². The van der Waals surface area contributed by atoms with Crippen LogP contribution in [0.15, 0.2) is 24.3 Å². The molecule has 2 N–H and O–H groups in total. The van der Waals surface area contributed by atoms with Crippen molar-refractivity contribution < 1.29 is 22.8 Å². The highest BCUT2D eigenvalue weighted by Crippen LogP contribution is 2.38. The first-order valence-corrected chi connectivity index (χ1v) is 9.32. The van der Waals surface area contributed by atoms with Gasteiger partial charge < -0.3 is 15.5 Å². The minimum absolute atomic E-state index is 0.0856. The molecule has 3 aliphatic rings. The Bertz CT molecular complexity index is 740. The maximum atomic E-state index is 12.8. The molecular formula is C19H22F3N3O2. The van der Waals surface area contributed by atoms with Crippen molar-refractivity contribution in [2.24, 2.45) is 11.8 Å². The average Bonchev–Trinajstić information content (AvgIpc) is 3.30. The van der Waals surface area contributed by atoms with Crippen LogP contribution in [0.4, 0.5) is 13.2 Å². The van der Waals surface area contributed by atoms with Crippen LogP contribution in [0.2, 0.25) is 0 Å². The molecule has 1 aliphatic carbocycles. The van der Waals surface area contributed by atoms with Crippen LogP contribution in [0.5, 0.6) is 0 Å². The van der Waals surface area contributed by atoms with Crippen molar-refractivity contribution in [3.8, 4) is 0 Å². The van der Waals surface area contributed by atoms with Crippen LogP contribution in [0.25, 0.3) is 0 Å². The second-order valence-electron chi connectivity index (χ2n) is 7.73. The molecule has 0 spiro atoms. The Kier molecular flexibility index (Phi) is 4.61. The molecule has 2 saturated heterocycles. The molecule has 1 saturated carbocycles. The number of rotatable bonds is 3. The number of benzene rings is 1. The summed E-state index contributed by atoms with van der Waals surface area (Å²) in [5.74, 6) is 0.463. The van der Waals surface area contributed by atoms with E-state index in [9.17, 15) is 22.8 Å². The highest BCUT2D eigenvalue weighted by atomic mass is 19.4. The first-order chi connectivity index (χ1) is 12.8. The quantitative estimate of drug-likeness (QED) is 0.842. The van der Waals surface area contributed by atoms with Crippen molar-refractivity contribution in [1.82, 2.24) is 15.5 Å². The summed E-state index contributed by atoms with van der Waals surface area (Å²) in [4.78, 5) is 26.9. The molecule has 4 rings (SSSR count). The molecule has 0 bridgehead atoms. The number of hydrogen-bond donors (Lipinski definition) is 2. The summed E-state index contributed by atoms with van der Waals surface area (Å²) in [7, 11) is 0. The van der Waals surface area contributed by atoms with Crippen molar-refractivity contribution in [3.05, 3.63) is 35.4 Å². The molecule has 4 atom stereocenters. The third-order valence-electron chi connectivity index (χ3n) is 6.07. The van der Waals surface area contributed by atoms with Crippen LogP contribution < -0.4 is 10.6 Å². The van der Waals surface area contributed by atoms with Gasteiger partial charge in [0, 0.05) is 18.2 Å². The molecule has 2 amide bonds. The van der Waals surface area contributed by atoms with E-state index < -0.39 is 23.7 Å². The lowest BCUT2D eigenvalue weighted by atomic mass is 10.0. The fourth-order valence-corrected chi connectivity index (χ4v) is 4.67. The molecular weight excluding hydrogens is 359 g/mol. The first kappa shape index (κ1) is 18.3. The largest absolute Gasteiger partial charge is 0.416 e. The smallest absolute Gasteiger partial charge is 0.340 e. The lowest BCUT2D eigenvalue weighted by Crippen LogP contribution is -2.44. The first-order valence-electron chi connectivity index (χ1n) is 9.32. The predicted octanol–water partition coefficient (Wildman–Crippen LogP) is 2.03. The summed E-state index contributed by atoms with van der Waals surface area (Å²) < 4.78 is 38.5. The maximum absolute atomic E-state index is 12.8. The number of hydrogen-bond acceptors (Lipinski definition) is 3. The number of carbonyl (C=O) groups excluding carboxylic acids is 2. The van der Waals surface area contributed by atoms with Gasteiger partial charge in [-0.3, -0.25) is 9.59 Å². The zero-order chi connectivity index (χ0) is 19.2. The number of fused-ring (bicyclic) bond motifs is 1. The molecule has 2 aliphatic heterocycles. The third kappa shape index (κ3) is 3.54. The van der Waals surface area contributed by atoms with E-state index in [4.69, 9.17) is 0 Å². The number of carbonyl (C=O) groups is 2. The van der Waals surface area contributed by atoms with Crippen LogP contribution in [0.1, 0.15) is 35.2 Å². The van der Waals surface area contributed by atoms with Gasteiger partial charge in [-0.25, -0.2) is 0 Å². The Balaban J connectivity index is 1.39. The number of nitrogens with zero attached hydrogens (tertiary/aromatic N) is 1. The molecule has 3 fully saturated rings.